The standard InChI is InChI=1S/C23H24N2O4S/c1-16-20(7-8-21(24-16)22-6-3-11-29-22)23(26)25-18-5-2-4-17(14-18)15-30(27)19-9-12-28-13-10-19/h2-8,11,14,19H,9-10,12-13,15H2,1H3,(H,25,26). The number of furan rings is 1. The summed E-state index contributed by atoms with van der Waals surface area (Å²) in [7, 11) is -0.947. The average molecular weight is 425 g/mol. The van der Waals surface area contributed by atoms with Gasteiger partial charge in [0.25, 0.3) is 5.91 Å². The number of amides is 1. The summed E-state index contributed by atoms with van der Waals surface area (Å²) in [5.41, 5.74) is 3.43. The fourth-order valence-electron chi connectivity index (χ4n) is 3.52. The minimum absolute atomic E-state index is 0.179. The van der Waals surface area contributed by atoms with E-state index < -0.39 is 10.8 Å². The topological polar surface area (TPSA) is 81.4 Å². The first kappa shape index (κ1) is 20.5. The molecule has 1 N–H and O–H groups in total. The van der Waals surface area contributed by atoms with Gasteiger partial charge in [-0.05, 0) is 61.7 Å². The minimum atomic E-state index is -0.947. The van der Waals surface area contributed by atoms with E-state index in [1.54, 1.807) is 31.4 Å². The van der Waals surface area contributed by atoms with E-state index in [1.165, 1.54) is 0 Å². The Kier molecular flexibility index (Phi) is 6.40. The van der Waals surface area contributed by atoms with Crippen molar-refractivity contribution in [2.45, 2.75) is 30.8 Å². The molecule has 0 saturated carbocycles. The Bertz CT molecular complexity index is 1040. The zero-order chi connectivity index (χ0) is 20.9. The highest BCUT2D eigenvalue weighted by atomic mass is 32.2. The largest absolute Gasteiger partial charge is 0.463 e. The second-order valence-corrected chi connectivity index (χ2v) is 9.01. The maximum atomic E-state index is 12.8. The van der Waals surface area contributed by atoms with E-state index in [9.17, 15) is 9.00 Å². The molecule has 6 nitrogen and oxygen atoms in total. The predicted octanol–water partition coefficient (Wildman–Crippen LogP) is 4.33. The molecule has 7 heteroatoms. The normalized spacial score (nSPS) is 15.6. The molecular weight excluding hydrogens is 400 g/mol. The van der Waals surface area contributed by atoms with Crippen LogP contribution in [-0.2, 0) is 21.3 Å². The minimum Gasteiger partial charge on any atom is -0.463 e. The molecule has 1 atom stereocenters. The van der Waals surface area contributed by atoms with Crippen molar-refractivity contribution in [1.29, 1.82) is 0 Å². The predicted molar refractivity (Wildman–Crippen MR) is 117 cm³/mol. The van der Waals surface area contributed by atoms with Crippen molar-refractivity contribution in [1.82, 2.24) is 4.98 Å². The van der Waals surface area contributed by atoms with Gasteiger partial charge in [-0.2, -0.15) is 0 Å². The highest BCUT2D eigenvalue weighted by molar-refractivity contribution is 7.84. The second kappa shape index (κ2) is 9.36. The summed E-state index contributed by atoms with van der Waals surface area (Å²) in [4.78, 5) is 17.2. The van der Waals surface area contributed by atoms with Gasteiger partial charge in [0.2, 0.25) is 0 Å². The fraction of sp³-hybridized carbons (Fsp3) is 0.304. The van der Waals surface area contributed by atoms with Gasteiger partial charge in [0.15, 0.2) is 5.76 Å². The molecule has 0 aliphatic carbocycles. The summed E-state index contributed by atoms with van der Waals surface area (Å²) >= 11 is 0. The number of carbonyl (C=O) groups is 1. The summed E-state index contributed by atoms with van der Waals surface area (Å²) in [5.74, 6) is 0.913. The molecule has 30 heavy (non-hydrogen) atoms. The van der Waals surface area contributed by atoms with Crippen molar-refractivity contribution in [2.75, 3.05) is 18.5 Å². The Morgan fingerprint density at radius 1 is 1.17 bits per heavy atom. The zero-order valence-electron chi connectivity index (χ0n) is 16.8. The van der Waals surface area contributed by atoms with Crippen LogP contribution in [0.5, 0.6) is 0 Å². The fourth-order valence-corrected chi connectivity index (χ4v) is 4.98. The Hall–Kier alpha value is -2.77. The molecule has 0 radical (unpaired) electrons. The van der Waals surface area contributed by atoms with Gasteiger partial charge in [0.05, 0.1) is 17.5 Å². The maximum absolute atomic E-state index is 12.8. The lowest BCUT2D eigenvalue weighted by Gasteiger charge is -2.21. The number of carbonyl (C=O) groups excluding carboxylic acids is 1. The molecular formula is C23H24N2O4S. The van der Waals surface area contributed by atoms with Crippen molar-refractivity contribution >= 4 is 22.4 Å². The highest BCUT2D eigenvalue weighted by Gasteiger charge is 2.20. The van der Waals surface area contributed by atoms with Crippen LogP contribution in [0, 0.1) is 6.92 Å². The third kappa shape index (κ3) is 4.86. The summed E-state index contributed by atoms with van der Waals surface area (Å²) in [6, 6.07) is 14.7. The van der Waals surface area contributed by atoms with E-state index in [0.717, 1.165) is 18.4 Å². The van der Waals surface area contributed by atoms with Gasteiger partial charge < -0.3 is 14.5 Å². The maximum Gasteiger partial charge on any atom is 0.257 e. The second-order valence-electron chi connectivity index (χ2n) is 7.30. The molecule has 3 aromatic rings. The monoisotopic (exact) mass is 424 g/mol. The number of nitrogens with one attached hydrogen (secondary N) is 1. The zero-order valence-corrected chi connectivity index (χ0v) is 17.6. The molecule has 1 fully saturated rings. The van der Waals surface area contributed by atoms with E-state index in [4.69, 9.17) is 9.15 Å². The number of ether oxygens (including phenoxy) is 1. The number of anilines is 1. The van der Waals surface area contributed by atoms with Gasteiger partial charge in [-0.15, -0.1) is 0 Å². The Balaban J connectivity index is 1.43. The summed E-state index contributed by atoms with van der Waals surface area (Å²) in [6.07, 6.45) is 3.27. The van der Waals surface area contributed by atoms with Crippen molar-refractivity contribution < 1.29 is 18.2 Å². The van der Waals surface area contributed by atoms with Crippen molar-refractivity contribution in [3.63, 3.8) is 0 Å². The summed E-state index contributed by atoms with van der Waals surface area (Å²) in [5, 5.41) is 3.10. The highest BCUT2D eigenvalue weighted by Crippen LogP contribution is 2.21. The van der Waals surface area contributed by atoms with Crippen LogP contribution in [0.3, 0.4) is 0 Å². The lowest BCUT2D eigenvalue weighted by Crippen LogP contribution is -2.25. The first-order valence-corrected chi connectivity index (χ1v) is 11.3. The van der Waals surface area contributed by atoms with E-state index in [1.807, 2.05) is 30.3 Å². The smallest absolute Gasteiger partial charge is 0.257 e. The lowest BCUT2D eigenvalue weighted by atomic mass is 10.1. The van der Waals surface area contributed by atoms with Crippen LogP contribution in [-0.4, -0.2) is 33.6 Å². The number of hydrogen-bond donors (Lipinski definition) is 1. The van der Waals surface area contributed by atoms with Crippen molar-refractivity contribution in [3.8, 4) is 11.5 Å². The van der Waals surface area contributed by atoms with Gasteiger partial charge in [-0.25, -0.2) is 4.98 Å². The molecule has 1 unspecified atom stereocenters. The number of pyridine rings is 1. The lowest BCUT2D eigenvalue weighted by molar-refractivity contribution is 0.0991. The SMILES string of the molecule is Cc1nc(-c2ccco2)ccc1C(=O)Nc1cccc(CS(=O)C2CCOCC2)c1. The summed E-state index contributed by atoms with van der Waals surface area (Å²) in [6.45, 7) is 3.16. The molecule has 1 saturated heterocycles. The van der Waals surface area contributed by atoms with Crippen LogP contribution in [0.2, 0.25) is 0 Å². The molecule has 1 amide bonds. The third-order valence-corrected chi connectivity index (χ3v) is 6.97. The van der Waals surface area contributed by atoms with Gasteiger partial charge in [-0.1, -0.05) is 12.1 Å². The molecule has 1 aromatic carbocycles. The Morgan fingerprint density at radius 3 is 2.73 bits per heavy atom. The number of hydrogen-bond acceptors (Lipinski definition) is 5. The number of aryl methyl sites for hydroxylation is 1. The van der Waals surface area contributed by atoms with E-state index in [-0.39, 0.29) is 11.2 Å². The molecule has 1 aliphatic heterocycles. The van der Waals surface area contributed by atoms with Gasteiger partial charge in [0, 0.05) is 40.7 Å². The molecule has 3 heterocycles. The third-order valence-electron chi connectivity index (χ3n) is 5.14. The number of rotatable bonds is 6. The van der Waals surface area contributed by atoms with Crippen LogP contribution >= 0.6 is 0 Å². The number of nitrogens with zero attached hydrogens (tertiary/aromatic N) is 1. The molecule has 1 aliphatic rings. The van der Waals surface area contributed by atoms with Crippen LogP contribution in [0.25, 0.3) is 11.5 Å². The first-order chi connectivity index (χ1) is 14.6. The van der Waals surface area contributed by atoms with Crippen LogP contribution in [0.15, 0.2) is 59.2 Å². The molecule has 156 valence electrons. The first-order valence-electron chi connectivity index (χ1n) is 9.97. The quantitative estimate of drug-likeness (QED) is 0.637. The van der Waals surface area contributed by atoms with Crippen LogP contribution in [0.1, 0.15) is 34.5 Å². The molecule has 0 spiro atoms. The molecule has 0 bridgehead atoms. The molecule has 2 aromatic heterocycles. The van der Waals surface area contributed by atoms with E-state index >= 15 is 0 Å². The van der Waals surface area contributed by atoms with E-state index in [0.29, 0.717) is 47.4 Å². The van der Waals surface area contributed by atoms with E-state index in [2.05, 4.69) is 10.3 Å². The average Bonchev–Trinajstić information content (AvgIpc) is 3.29. The van der Waals surface area contributed by atoms with Crippen molar-refractivity contribution in [3.05, 3.63) is 71.6 Å². The summed E-state index contributed by atoms with van der Waals surface area (Å²) < 4.78 is 23.4. The van der Waals surface area contributed by atoms with Crippen molar-refractivity contribution in [2.24, 2.45) is 0 Å². The van der Waals surface area contributed by atoms with Gasteiger partial charge >= 0.3 is 0 Å². The van der Waals surface area contributed by atoms with Gasteiger partial charge in [0.1, 0.15) is 5.69 Å². The Morgan fingerprint density at radius 2 is 2.00 bits per heavy atom. The van der Waals surface area contributed by atoms with Gasteiger partial charge in [-0.3, -0.25) is 9.00 Å². The van der Waals surface area contributed by atoms with Crippen LogP contribution < -0.4 is 5.32 Å². The number of aromatic nitrogens is 1. The molecule has 4 rings (SSSR count). The number of benzene rings is 1. The Labute approximate surface area is 178 Å². The van der Waals surface area contributed by atoms with Crippen LogP contribution in [0.4, 0.5) is 5.69 Å².